The fourth-order valence-electron chi connectivity index (χ4n) is 7.61. The zero-order valence-corrected chi connectivity index (χ0v) is 21.0. The summed E-state index contributed by atoms with van der Waals surface area (Å²) >= 11 is 6.99. The molecule has 2 saturated heterocycles. The van der Waals surface area contributed by atoms with E-state index >= 15 is 0 Å². The summed E-state index contributed by atoms with van der Waals surface area (Å²) in [6.07, 6.45) is -2.37. The second-order valence-electron chi connectivity index (χ2n) is 11.0. The Morgan fingerprint density at radius 1 is 0.972 bits per heavy atom. The van der Waals surface area contributed by atoms with Crippen molar-refractivity contribution in [2.75, 3.05) is 20.8 Å². The second-order valence-corrected chi connectivity index (χ2v) is 11.8. The van der Waals surface area contributed by atoms with Crippen LogP contribution in [-0.4, -0.2) is 82.4 Å². The quantitative estimate of drug-likeness (QED) is 0.315. The first-order valence-corrected chi connectivity index (χ1v) is 12.8. The van der Waals surface area contributed by atoms with E-state index in [0.29, 0.717) is 17.2 Å². The molecule has 1 aromatic carbocycles. The predicted octanol–water partition coefficient (Wildman–Crippen LogP) is 1.19. The molecule has 7 rings (SSSR count). The van der Waals surface area contributed by atoms with Gasteiger partial charge in [-0.25, -0.2) is 4.89 Å². The normalized spacial score (nSPS) is 49.2. The van der Waals surface area contributed by atoms with Crippen molar-refractivity contribution >= 4 is 11.6 Å². The molecule has 4 bridgehead atoms. The third kappa shape index (κ3) is 3.33. The number of aliphatic hydroxyl groups is 4. The first-order valence-electron chi connectivity index (χ1n) is 12.5. The van der Waals surface area contributed by atoms with Crippen LogP contribution < -0.4 is 9.47 Å². The molecule has 36 heavy (non-hydrogen) atoms. The van der Waals surface area contributed by atoms with Crippen LogP contribution in [0.15, 0.2) is 18.2 Å². The first-order chi connectivity index (χ1) is 17.2. The lowest BCUT2D eigenvalue weighted by Crippen LogP contribution is -2.78. The Kier molecular flexibility index (Phi) is 6.03. The van der Waals surface area contributed by atoms with Crippen LogP contribution >= 0.6 is 11.6 Å². The third-order valence-electron chi connectivity index (χ3n) is 9.06. The van der Waals surface area contributed by atoms with Crippen molar-refractivity contribution in [1.29, 1.82) is 0 Å². The summed E-state index contributed by atoms with van der Waals surface area (Å²) in [6.45, 7) is -0.561. The molecule has 2 aliphatic heterocycles. The van der Waals surface area contributed by atoms with Gasteiger partial charge in [0.2, 0.25) is 6.29 Å². The Labute approximate surface area is 213 Å². The van der Waals surface area contributed by atoms with Gasteiger partial charge in [-0.3, -0.25) is 0 Å². The van der Waals surface area contributed by atoms with Crippen LogP contribution in [0.3, 0.4) is 0 Å². The van der Waals surface area contributed by atoms with Crippen LogP contribution in [0, 0.1) is 17.8 Å². The highest BCUT2D eigenvalue weighted by Gasteiger charge is 2.78. The largest absolute Gasteiger partial charge is 0.493 e. The van der Waals surface area contributed by atoms with Crippen molar-refractivity contribution in [2.24, 2.45) is 17.8 Å². The van der Waals surface area contributed by atoms with Gasteiger partial charge in [-0.2, -0.15) is 4.89 Å². The van der Waals surface area contributed by atoms with E-state index in [1.807, 2.05) is 6.07 Å². The minimum Gasteiger partial charge on any atom is -0.493 e. The Morgan fingerprint density at radius 2 is 1.69 bits per heavy atom. The molecule has 10 nitrogen and oxygen atoms in total. The molecule has 0 amide bonds. The van der Waals surface area contributed by atoms with Gasteiger partial charge in [0.25, 0.3) is 5.79 Å². The fourth-order valence-corrected chi connectivity index (χ4v) is 8.20. The maximum absolute atomic E-state index is 10.5. The number of methoxy groups -OCH3 is 2. The summed E-state index contributed by atoms with van der Waals surface area (Å²) in [5.41, 5.74) is -0.0424. The van der Waals surface area contributed by atoms with Crippen molar-refractivity contribution in [3.63, 3.8) is 0 Å². The zero-order valence-electron chi connectivity index (χ0n) is 20.2. The number of hydrogen-bond acceptors (Lipinski definition) is 10. The SMILES string of the molecule is COc1ccc(C2(OC)OOC23C2CC4CC3CC(Cl)(C4)C2)cc1OC1OC(CO)C(O)C(O)C1O. The molecule has 0 radical (unpaired) electrons. The number of alkyl halides is 1. The van der Waals surface area contributed by atoms with Gasteiger partial charge in [-0.05, 0) is 68.1 Å². The van der Waals surface area contributed by atoms with Crippen LogP contribution in [0.2, 0.25) is 0 Å². The number of benzene rings is 1. The van der Waals surface area contributed by atoms with Gasteiger partial charge in [0.1, 0.15) is 24.4 Å². The summed E-state index contributed by atoms with van der Waals surface area (Å²) in [7, 11) is 3.07. The van der Waals surface area contributed by atoms with E-state index in [1.165, 1.54) is 7.11 Å². The molecule has 1 spiro atoms. The van der Waals surface area contributed by atoms with E-state index < -0.39 is 48.7 Å². The molecule has 200 valence electrons. The monoisotopic (exact) mass is 528 g/mol. The van der Waals surface area contributed by atoms with Crippen molar-refractivity contribution in [3.8, 4) is 11.5 Å². The molecule has 2 heterocycles. The van der Waals surface area contributed by atoms with E-state index in [1.54, 1.807) is 19.2 Å². The summed E-state index contributed by atoms with van der Waals surface area (Å²) in [4.78, 5) is 11.6. The molecular weight excluding hydrogens is 496 g/mol. The lowest BCUT2D eigenvalue weighted by atomic mass is 9.46. The highest BCUT2D eigenvalue weighted by Crippen LogP contribution is 2.71. The molecule has 6 fully saturated rings. The van der Waals surface area contributed by atoms with Crippen LogP contribution in [0.4, 0.5) is 0 Å². The zero-order chi connectivity index (χ0) is 25.5. The molecular formula is C25H33ClO10. The maximum Gasteiger partial charge on any atom is 0.260 e. The number of ether oxygens (including phenoxy) is 4. The molecule has 4 aliphatic carbocycles. The molecule has 4 N–H and O–H groups in total. The van der Waals surface area contributed by atoms with E-state index in [2.05, 4.69) is 0 Å². The second kappa shape index (κ2) is 8.65. The van der Waals surface area contributed by atoms with Crippen molar-refractivity contribution in [2.45, 2.75) is 79.1 Å². The van der Waals surface area contributed by atoms with Crippen molar-refractivity contribution in [3.05, 3.63) is 23.8 Å². The van der Waals surface area contributed by atoms with E-state index in [4.69, 9.17) is 40.3 Å². The van der Waals surface area contributed by atoms with E-state index in [-0.39, 0.29) is 22.5 Å². The fraction of sp³-hybridized carbons (Fsp3) is 0.760. The Morgan fingerprint density at radius 3 is 2.25 bits per heavy atom. The molecule has 0 aromatic heterocycles. The van der Waals surface area contributed by atoms with Gasteiger partial charge in [-0.1, -0.05) is 0 Å². The van der Waals surface area contributed by atoms with Crippen molar-refractivity contribution < 1.29 is 49.1 Å². The first kappa shape index (κ1) is 25.1. The maximum atomic E-state index is 10.5. The minimum atomic E-state index is -1.57. The van der Waals surface area contributed by atoms with Gasteiger partial charge in [0, 0.05) is 17.5 Å². The minimum absolute atomic E-state index is 0.173. The molecule has 11 heteroatoms. The summed E-state index contributed by atoms with van der Waals surface area (Å²) in [5.74, 6) is 0.284. The Balaban J connectivity index is 1.34. The van der Waals surface area contributed by atoms with Gasteiger partial charge in [0.05, 0.1) is 13.7 Å². The highest BCUT2D eigenvalue weighted by molar-refractivity contribution is 6.24. The summed E-state index contributed by atoms with van der Waals surface area (Å²) < 4.78 is 23.1. The lowest BCUT2D eigenvalue weighted by molar-refractivity contribution is -0.645. The van der Waals surface area contributed by atoms with Gasteiger partial charge >= 0.3 is 0 Å². The summed E-state index contributed by atoms with van der Waals surface area (Å²) in [5, 5.41) is 40.3. The Bertz CT molecular complexity index is 985. The van der Waals surface area contributed by atoms with E-state index in [0.717, 1.165) is 32.1 Å². The average molecular weight is 529 g/mol. The number of hydrogen-bond donors (Lipinski definition) is 4. The summed E-state index contributed by atoms with van der Waals surface area (Å²) in [6, 6.07) is 5.22. The molecule has 6 aliphatic rings. The average Bonchev–Trinajstić information content (AvgIpc) is 2.83. The predicted molar refractivity (Wildman–Crippen MR) is 123 cm³/mol. The molecule has 8 unspecified atom stereocenters. The molecule has 8 atom stereocenters. The lowest BCUT2D eigenvalue weighted by Gasteiger charge is -2.70. The Hall–Kier alpha value is -1.21. The van der Waals surface area contributed by atoms with E-state index in [9.17, 15) is 20.4 Å². The smallest absolute Gasteiger partial charge is 0.260 e. The number of halogens is 1. The van der Waals surface area contributed by atoms with Gasteiger partial charge in [-0.15, -0.1) is 11.6 Å². The van der Waals surface area contributed by atoms with Crippen LogP contribution in [0.1, 0.15) is 37.7 Å². The number of rotatable bonds is 6. The van der Waals surface area contributed by atoms with Crippen molar-refractivity contribution in [1.82, 2.24) is 0 Å². The van der Waals surface area contributed by atoms with Gasteiger partial charge in [0.15, 0.2) is 17.1 Å². The molecule has 1 aromatic rings. The topological polar surface area (TPSA) is 136 Å². The third-order valence-corrected chi connectivity index (χ3v) is 9.52. The standard InChI is InChI=1S/C25H33ClO10/c1-31-16-4-3-13(7-17(16)33-22-21(30)20(29)19(28)18(11-27)34-22)25(32-2)24(35-36-25)14-5-12-6-15(24)10-23(26,8-12)9-14/h3-4,7,12,14-15,18-22,27-30H,5-6,8-11H2,1-2H3. The van der Waals surface area contributed by atoms with Gasteiger partial charge < -0.3 is 39.4 Å². The molecule has 4 saturated carbocycles. The van der Waals surface area contributed by atoms with Crippen LogP contribution in [0.25, 0.3) is 0 Å². The van der Waals surface area contributed by atoms with Crippen LogP contribution in [0.5, 0.6) is 11.5 Å². The highest BCUT2D eigenvalue weighted by atomic mass is 35.5. The van der Waals surface area contributed by atoms with Crippen LogP contribution in [-0.2, 0) is 25.0 Å². The number of aliphatic hydroxyl groups excluding tert-OH is 4.